The Labute approximate surface area is 96.2 Å². The van der Waals surface area contributed by atoms with Gasteiger partial charge in [-0.25, -0.2) is 0 Å². The van der Waals surface area contributed by atoms with Crippen LogP contribution in [0.1, 0.15) is 17.4 Å². The van der Waals surface area contributed by atoms with Crippen LogP contribution in [0.4, 0.5) is 0 Å². The highest BCUT2D eigenvalue weighted by atomic mass is 79.9. The Morgan fingerprint density at radius 1 is 1.80 bits per heavy atom. The first kappa shape index (κ1) is 12.2. The number of amides is 1. The first-order chi connectivity index (χ1) is 7.00. The fraction of sp³-hybridized carbons (Fsp3) is 0.444. The highest BCUT2D eigenvalue weighted by Crippen LogP contribution is 2.10. The molecule has 2 atom stereocenters. The van der Waals surface area contributed by atoms with E-state index in [-0.39, 0.29) is 12.5 Å². The molecular formula is C9H14BrN3O2. The van der Waals surface area contributed by atoms with Gasteiger partial charge in [-0.05, 0) is 28.9 Å². The number of nitrogens with two attached hydrogens (primary N) is 1. The summed E-state index contributed by atoms with van der Waals surface area (Å²) in [5.74, 6) is -0.239. The van der Waals surface area contributed by atoms with Crippen molar-refractivity contribution in [2.75, 3.05) is 6.54 Å². The number of carbonyl (C=O) groups is 1. The van der Waals surface area contributed by atoms with Gasteiger partial charge in [0, 0.05) is 23.3 Å². The number of hydrogen-bond acceptors (Lipinski definition) is 3. The van der Waals surface area contributed by atoms with Crippen molar-refractivity contribution >= 4 is 21.8 Å². The Bertz CT molecular complexity index is 338. The molecule has 1 amide bonds. The monoisotopic (exact) mass is 275 g/mol. The first-order valence-corrected chi connectivity index (χ1v) is 5.35. The molecule has 0 saturated heterocycles. The van der Waals surface area contributed by atoms with Gasteiger partial charge in [0.15, 0.2) is 0 Å². The molecule has 6 heteroatoms. The fourth-order valence-corrected chi connectivity index (χ4v) is 1.32. The summed E-state index contributed by atoms with van der Waals surface area (Å²) in [6.45, 7) is 1.83. The Morgan fingerprint density at radius 2 is 2.47 bits per heavy atom. The van der Waals surface area contributed by atoms with E-state index in [2.05, 4.69) is 26.2 Å². The summed E-state index contributed by atoms with van der Waals surface area (Å²) in [5, 5.41) is 11.7. The molecular weight excluding hydrogens is 262 g/mol. The predicted octanol–water partition coefficient (Wildman–Crippen LogP) is 0.215. The molecule has 1 rings (SSSR count). The van der Waals surface area contributed by atoms with E-state index in [1.807, 2.05) is 0 Å². The zero-order valence-electron chi connectivity index (χ0n) is 8.33. The van der Waals surface area contributed by atoms with Gasteiger partial charge in [-0.1, -0.05) is 0 Å². The number of aromatic nitrogens is 1. The SMILES string of the molecule is CC(O)C(N)CNC(=O)c1cc(Br)c[nH]1. The van der Waals surface area contributed by atoms with Gasteiger partial charge in [0.1, 0.15) is 5.69 Å². The number of H-pyrrole nitrogens is 1. The molecule has 0 radical (unpaired) electrons. The average molecular weight is 276 g/mol. The third kappa shape index (κ3) is 3.65. The zero-order valence-corrected chi connectivity index (χ0v) is 9.91. The number of rotatable bonds is 4. The second kappa shape index (κ2) is 5.29. The van der Waals surface area contributed by atoms with Crippen LogP contribution in [0.5, 0.6) is 0 Å². The topological polar surface area (TPSA) is 91.1 Å². The second-order valence-corrected chi connectivity index (χ2v) is 4.26. The minimum Gasteiger partial charge on any atom is -0.392 e. The largest absolute Gasteiger partial charge is 0.392 e. The van der Waals surface area contributed by atoms with Crippen molar-refractivity contribution in [3.8, 4) is 0 Å². The lowest BCUT2D eigenvalue weighted by Crippen LogP contribution is -2.43. The summed E-state index contributed by atoms with van der Waals surface area (Å²) in [5.41, 5.74) is 6.02. The molecule has 1 aromatic rings. The maximum Gasteiger partial charge on any atom is 0.267 e. The van der Waals surface area contributed by atoms with Crippen molar-refractivity contribution in [2.45, 2.75) is 19.1 Å². The lowest BCUT2D eigenvalue weighted by molar-refractivity contribution is 0.0933. The number of carbonyl (C=O) groups excluding carboxylic acids is 1. The molecule has 0 fully saturated rings. The van der Waals surface area contributed by atoms with E-state index in [0.717, 1.165) is 4.47 Å². The third-order valence-corrected chi connectivity index (χ3v) is 2.47. The van der Waals surface area contributed by atoms with E-state index in [0.29, 0.717) is 5.69 Å². The van der Waals surface area contributed by atoms with Crippen LogP contribution in [0, 0.1) is 0 Å². The van der Waals surface area contributed by atoms with Crippen molar-refractivity contribution in [3.63, 3.8) is 0 Å². The van der Waals surface area contributed by atoms with Crippen LogP contribution in [0.15, 0.2) is 16.7 Å². The number of halogens is 1. The third-order valence-electron chi connectivity index (χ3n) is 2.01. The molecule has 0 saturated carbocycles. The molecule has 0 aliphatic rings. The molecule has 5 N–H and O–H groups in total. The normalized spacial score (nSPS) is 14.7. The quantitative estimate of drug-likeness (QED) is 0.633. The Kier molecular flexibility index (Phi) is 4.31. The summed E-state index contributed by atoms with van der Waals surface area (Å²) < 4.78 is 0.812. The van der Waals surface area contributed by atoms with Crippen molar-refractivity contribution in [1.82, 2.24) is 10.3 Å². The molecule has 1 heterocycles. The molecule has 1 aromatic heterocycles. The first-order valence-electron chi connectivity index (χ1n) is 4.56. The lowest BCUT2D eigenvalue weighted by Gasteiger charge is -2.14. The maximum absolute atomic E-state index is 11.5. The summed E-state index contributed by atoms with van der Waals surface area (Å²) in [6.07, 6.45) is 1.03. The van der Waals surface area contributed by atoms with Gasteiger partial charge in [-0.15, -0.1) is 0 Å². The van der Waals surface area contributed by atoms with Gasteiger partial charge in [-0.2, -0.15) is 0 Å². The highest BCUT2D eigenvalue weighted by Gasteiger charge is 2.12. The van der Waals surface area contributed by atoms with Gasteiger partial charge in [-0.3, -0.25) is 4.79 Å². The number of aliphatic hydroxyl groups is 1. The van der Waals surface area contributed by atoms with Crippen molar-refractivity contribution < 1.29 is 9.90 Å². The summed E-state index contributed by atoms with van der Waals surface area (Å²) in [6, 6.07) is 1.22. The molecule has 0 aliphatic carbocycles. The number of hydrogen-bond donors (Lipinski definition) is 4. The van der Waals surface area contributed by atoms with Gasteiger partial charge in [0.25, 0.3) is 5.91 Å². The van der Waals surface area contributed by atoms with Crippen LogP contribution in [0.2, 0.25) is 0 Å². The van der Waals surface area contributed by atoms with E-state index in [1.165, 1.54) is 0 Å². The van der Waals surface area contributed by atoms with E-state index in [9.17, 15) is 4.79 Å². The number of aliphatic hydroxyl groups excluding tert-OH is 1. The van der Waals surface area contributed by atoms with Crippen LogP contribution in [-0.2, 0) is 0 Å². The van der Waals surface area contributed by atoms with Gasteiger partial charge < -0.3 is 21.1 Å². The molecule has 0 spiro atoms. The molecule has 0 bridgehead atoms. The van der Waals surface area contributed by atoms with Crippen molar-refractivity contribution in [3.05, 3.63) is 22.4 Å². The van der Waals surface area contributed by atoms with Crippen molar-refractivity contribution in [2.24, 2.45) is 5.73 Å². The smallest absolute Gasteiger partial charge is 0.267 e. The summed E-state index contributed by atoms with van der Waals surface area (Å²) in [4.78, 5) is 14.3. The molecule has 2 unspecified atom stereocenters. The van der Waals surface area contributed by atoms with Crippen LogP contribution in [0.25, 0.3) is 0 Å². The molecule has 0 aromatic carbocycles. The number of nitrogens with one attached hydrogen (secondary N) is 2. The predicted molar refractivity (Wildman–Crippen MR) is 60.5 cm³/mol. The summed E-state index contributed by atoms with van der Waals surface area (Å²) in [7, 11) is 0. The fourth-order valence-electron chi connectivity index (χ4n) is 0.975. The van der Waals surface area contributed by atoms with Gasteiger partial charge >= 0.3 is 0 Å². The van der Waals surface area contributed by atoms with E-state index in [4.69, 9.17) is 10.8 Å². The molecule has 5 nitrogen and oxygen atoms in total. The Morgan fingerprint density at radius 3 is 2.93 bits per heavy atom. The maximum atomic E-state index is 11.5. The van der Waals surface area contributed by atoms with Crippen LogP contribution >= 0.6 is 15.9 Å². The second-order valence-electron chi connectivity index (χ2n) is 3.35. The van der Waals surface area contributed by atoms with E-state index < -0.39 is 12.1 Å². The van der Waals surface area contributed by atoms with Gasteiger partial charge in [0.2, 0.25) is 0 Å². The zero-order chi connectivity index (χ0) is 11.4. The Hall–Kier alpha value is -0.850. The number of aromatic amines is 1. The van der Waals surface area contributed by atoms with E-state index in [1.54, 1.807) is 19.2 Å². The molecule has 15 heavy (non-hydrogen) atoms. The van der Waals surface area contributed by atoms with Crippen molar-refractivity contribution in [1.29, 1.82) is 0 Å². The molecule has 84 valence electrons. The van der Waals surface area contributed by atoms with Crippen LogP contribution < -0.4 is 11.1 Å². The Balaban J connectivity index is 2.43. The van der Waals surface area contributed by atoms with E-state index >= 15 is 0 Å². The highest BCUT2D eigenvalue weighted by molar-refractivity contribution is 9.10. The lowest BCUT2D eigenvalue weighted by atomic mass is 10.2. The minimum absolute atomic E-state index is 0.239. The average Bonchev–Trinajstić information content (AvgIpc) is 2.60. The summed E-state index contributed by atoms with van der Waals surface area (Å²) >= 11 is 3.23. The molecule has 0 aliphatic heterocycles. The van der Waals surface area contributed by atoms with Crippen LogP contribution in [0.3, 0.4) is 0 Å². The van der Waals surface area contributed by atoms with Gasteiger partial charge in [0.05, 0.1) is 6.10 Å². The standard InChI is InChI=1S/C9H14BrN3O2/c1-5(14)7(11)4-13-9(15)8-2-6(10)3-12-8/h2-3,5,7,12,14H,4,11H2,1H3,(H,13,15). The minimum atomic E-state index is -0.638. The van der Waals surface area contributed by atoms with Crippen LogP contribution in [-0.4, -0.2) is 34.7 Å².